The van der Waals surface area contributed by atoms with E-state index >= 15 is 0 Å². The Morgan fingerprint density at radius 1 is 1.62 bits per heavy atom. The van der Waals surface area contributed by atoms with Crippen LogP contribution in [0.15, 0.2) is 18.3 Å². The summed E-state index contributed by atoms with van der Waals surface area (Å²) in [5, 5.41) is 0. The predicted molar refractivity (Wildman–Crippen MR) is 27.8 cm³/mol. The first-order valence-corrected chi connectivity index (χ1v) is 2.19. The molecule has 0 aliphatic heterocycles. The summed E-state index contributed by atoms with van der Waals surface area (Å²) in [5.74, 6) is 0. The van der Waals surface area contributed by atoms with Crippen molar-refractivity contribution in [3.63, 3.8) is 0 Å². The Balaban J connectivity index is 0.000000490. The fourth-order valence-electron chi connectivity index (χ4n) is 0.407. The molecule has 0 unspecified atom stereocenters. The molecule has 0 N–H and O–H groups in total. The van der Waals surface area contributed by atoms with Crippen LogP contribution in [0.25, 0.3) is 0 Å². The summed E-state index contributed by atoms with van der Waals surface area (Å²) in [6.45, 7) is 1.97. The Kier molecular flexibility index (Phi) is 4.30. The number of nitrogens with zero attached hydrogens (tertiary/aromatic N) is 1. The third kappa shape index (κ3) is 2.53. The number of hydrogen-bond donors (Lipinski definition) is 0. The van der Waals surface area contributed by atoms with Crippen molar-refractivity contribution in [3.8, 4) is 0 Å². The molecule has 8 heavy (non-hydrogen) atoms. The van der Waals surface area contributed by atoms with Crippen LogP contribution in [0.5, 0.6) is 0 Å². The van der Waals surface area contributed by atoms with Crippen LogP contribution in [-0.2, 0) is 32.7 Å². The largest absolute Gasteiger partial charge is 3.00 e. The van der Waals surface area contributed by atoms with E-state index in [4.69, 9.17) is 0 Å². The molecule has 0 atom stereocenters. The molecule has 0 radical (unpaired) electrons. The maximum Gasteiger partial charge on any atom is 3.00 e. The van der Waals surface area contributed by atoms with E-state index < -0.39 is 0 Å². The van der Waals surface area contributed by atoms with Crippen molar-refractivity contribution in [1.82, 2.24) is 4.98 Å². The van der Waals surface area contributed by atoms with Gasteiger partial charge in [-0.3, -0.25) is 0 Å². The molecular formula is C6H6NY+2. The van der Waals surface area contributed by atoms with E-state index in [2.05, 4.69) is 11.2 Å². The molecule has 0 bridgehead atoms. The van der Waals surface area contributed by atoms with Gasteiger partial charge in [0.25, 0.3) is 0 Å². The Morgan fingerprint density at radius 3 is 2.62 bits per heavy atom. The molecule has 0 fully saturated rings. The Morgan fingerprint density at radius 2 is 2.38 bits per heavy atom. The summed E-state index contributed by atoms with van der Waals surface area (Å²) in [6.07, 6.45) is 4.50. The second kappa shape index (κ2) is 4.16. The first kappa shape index (κ1) is 8.25. The summed E-state index contributed by atoms with van der Waals surface area (Å²) >= 11 is 0. The van der Waals surface area contributed by atoms with Crippen LogP contribution in [0.1, 0.15) is 5.56 Å². The van der Waals surface area contributed by atoms with Crippen LogP contribution >= 0.6 is 0 Å². The van der Waals surface area contributed by atoms with E-state index in [1.807, 2.05) is 19.1 Å². The van der Waals surface area contributed by atoms with E-state index in [9.17, 15) is 0 Å². The summed E-state index contributed by atoms with van der Waals surface area (Å²) in [7, 11) is 0. The topological polar surface area (TPSA) is 12.9 Å². The summed E-state index contributed by atoms with van der Waals surface area (Å²) < 4.78 is 0. The molecule has 0 spiro atoms. The molecule has 0 aliphatic carbocycles. The van der Waals surface area contributed by atoms with Gasteiger partial charge < -0.3 is 4.98 Å². The van der Waals surface area contributed by atoms with Gasteiger partial charge >= 0.3 is 32.7 Å². The van der Waals surface area contributed by atoms with Crippen LogP contribution in [0.2, 0.25) is 0 Å². The molecule has 1 aromatic rings. The van der Waals surface area contributed by atoms with Crippen molar-refractivity contribution in [2.45, 2.75) is 6.92 Å². The fraction of sp³-hybridized carbons (Fsp3) is 0.167. The van der Waals surface area contributed by atoms with E-state index in [0.29, 0.717) is 0 Å². The molecule has 1 heterocycles. The average Bonchev–Trinajstić information content (AvgIpc) is 1.69. The van der Waals surface area contributed by atoms with Gasteiger partial charge in [0.2, 0.25) is 0 Å². The van der Waals surface area contributed by atoms with Crippen LogP contribution in [0, 0.1) is 13.1 Å². The Bertz CT molecular complexity index is 138. The number of pyridine rings is 1. The van der Waals surface area contributed by atoms with E-state index in [0.717, 1.165) is 5.56 Å². The quantitative estimate of drug-likeness (QED) is 0.547. The Labute approximate surface area is 74.4 Å². The van der Waals surface area contributed by atoms with E-state index in [1.165, 1.54) is 0 Å². The van der Waals surface area contributed by atoms with Crippen molar-refractivity contribution in [2.24, 2.45) is 0 Å². The zero-order valence-electron chi connectivity index (χ0n) is 4.76. The minimum atomic E-state index is 0. The maximum atomic E-state index is 3.76. The van der Waals surface area contributed by atoms with Crippen molar-refractivity contribution in [3.05, 3.63) is 30.1 Å². The second-order valence-electron chi connectivity index (χ2n) is 1.43. The third-order valence-electron chi connectivity index (χ3n) is 0.748. The second-order valence-corrected chi connectivity index (χ2v) is 1.43. The first-order chi connectivity index (χ1) is 3.39. The van der Waals surface area contributed by atoms with Gasteiger partial charge in [-0.15, -0.1) is 5.56 Å². The normalized spacial score (nSPS) is 7.62. The van der Waals surface area contributed by atoms with Gasteiger partial charge in [-0.05, 0) is 0 Å². The molecule has 0 aliphatic rings. The Hall–Kier alpha value is 0.254. The minimum Gasteiger partial charge on any atom is -0.394 e. The van der Waals surface area contributed by atoms with Crippen LogP contribution in [0.3, 0.4) is 0 Å². The van der Waals surface area contributed by atoms with Crippen molar-refractivity contribution >= 4 is 0 Å². The molecule has 1 aromatic heterocycles. The molecule has 0 saturated heterocycles. The van der Waals surface area contributed by atoms with Crippen molar-refractivity contribution < 1.29 is 32.7 Å². The summed E-state index contributed by atoms with van der Waals surface area (Å²) in [5.41, 5.74) is 1.09. The molecule has 0 saturated carbocycles. The number of aryl methyl sites for hydroxylation is 1. The monoisotopic (exact) mass is 181 g/mol. The zero-order chi connectivity index (χ0) is 5.11. The summed E-state index contributed by atoms with van der Waals surface area (Å²) in [6, 6.07) is 3.86. The van der Waals surface area contributed by atoms with Gasteiger partial charge in [0.05, 0.1) is 0 Å². The smallest absolute Gasteiger partial charge is 0.394 e. The average molecular weight is 181 g/mol. The SMILES string of the molecule is Cc1[c-]nccc1.[Y+3]. The van der Waals surface area contributed by atoms with Crippen LogP contribution in [0.4, 0.5) is 0 Å². The van der Waals surface area contributed by atoms with Crippen molar-refractivity contribution in [2.75, 3.05) is 0 Å². The number of aromatic nitrogens is 1. The molecule has 1 nitrogen and oxygen atoms in total. The minimum absolute atomic E-state index is 0. The van der Waals surface area contributed by atoms with Gasteiger partial charge in [-0.25, -0.2) is 0 Å². The van der Waals surface area contributed by atoms with Crippen LogP contribution < -0.4 is 0 Å². The third-order valence-corrected chi connectivity index (χ3v) is 0.748. The molecule has 2 heteroatoms. The molecule has 1 rings (SSSR count). The maximum absolute atomic E-state index is 3.76. The standard InChI is InChI=1S/C6H6N.Y/c1-6-3-2-4-7-5-6;/h2-4H,1H3;/q-1;+3. The van der Waals surface area contributed by atoms with E-state index in [1.54, 1.807) is 6.20 Å². The fourth-order valence-corrected chi connectivity index (χ4v) is 0.407. The first-order valence-electron chi connectivity index (χ1n) is 2.19. The summed E-state index contributed by atoms with van der Waals surface area (Å²) in [4.78, 5) is 3.76. The predicted octanol–water partition coefficient (Wildman–Crippen LogP) is 1.19. The van der Waals surface area contributed by atoms with Crippen molar-refractivity contribution in [1.29, 1.82) is 0 Å². The van der Waals surface area contributed by atoms with Gasteiger partial charge in [0.1, 0.15) is 0 Å². The van der Waals surface area contributed by atoms with Gasteiger partial charge in [-0.1, -0.05) is 19.3 Å². The molecule has 36 valence electrons. The molecule has 0 amide bonds. The van der Waals surface area contributed by atoms with Crippen LogP contribution in [-0.4, -0.2) is 4.98 Å². The number of rotatable bonds is 0. The molecular weight excluding hydrogens is 175 g/mol. The molecule has 0 aromatic carbocycles. The van der Waals surface area contributed by atoms with Gasteiger partial charge in [0, 0.05) is 0 Å². The van der Waals surface area contributed by atoms with E-state index in [-0.39, 0.29) is 32.7 Å². The zero-order valence-corrected chi connectivity index (χ0v) is 7.59. The number of hydrogen-bond acceptors (Lipinski definition) is 1. The van der Waals surface area contributed by atoms with Gasteiger partial charge in [0.15, 0.2) is 0 Å². The van der Waals surface area contributed by atoms with Gasteiger partial charge in [-0.2, -0.15) is 12.1 Å².